The summed E-state index contributed by atoms with van der Waals surface area (Å²) in [6, 6.07) is 11.7. The van der Waals surface area contributed by atoms with E-state index in [1.807, 2.05) is 37.3 Å². The minimum absolute atomic E-state index is 0.610. The van der Waals surface area contributed by atoms with Crippen LogP contribution >= 0.6 is 31.9 Å². The molecule has 0 atom stereocenters. The molecule has 0 bridgehead atoms. The Morgan fingerprint density at radius 3 is 2.50 bits per heavy atom. The van der Waals surface area contributed by atoms with Crippen LogP contribution in [0.5, 0.6) is 5.75 Å². The van der Waals surface area contributed by atoms with E-state index in [9.17, 15) is 5.26 Å². The summed E-state index contributed by atoms with van der Waals surface area (Å²) in [5, 5.41) is 12.5. The third kappa shape index (κ3) is 3.14. The van der Waals surface area contributed by atoms with E-state index >= 15 is 0 Å². The summed E-state index contributed by atoms with van der Waals surface area (Å²) < 4.78 is 7.03. The Kier molecular flexibility index (Phi) is 4.69. The molecule has 0 spiro atoms. The summed E-state index contributed by atoms with van der Waals surface area (Å²) in [6.45, 7) is 1.96. The predicted octanol–water partition coefficient (Wildman–Crippen LogP) is 5.14. The Bertz CT molecular complexity index is 693. The molecule has 2 aromatic carbocycles. The third-order valence-corrected chi connectivity index (χ3v) is 4.08. The molecule has 0 aliphatic carbocycles. The lowest BCUT2D eigenvalue weighted by molar-refractivity contribution is 0.412. The predicted molar refractivity (Wildman–Crippen MR) is 87.6 cm³/mol. The van der Waals surface area contributed by atoms with E-state index < -0.39 is 0 Å². The zero-order valence-corrected chi connectivity index (χ0v) is 14.2. The lowest BCUT2D eigenvalue weighted by atomic mass is 10.1. The topological polar surface area (TPSA) is 45.0 Å². The Morgan fingerprint density at radius 2 is 1.85 bits per heavy atom. The monoisotopic (exact) mass is 394 g/mol. The van der Waals surface area contributed by atoms with Crippen LogP contribution in [0.3, 0.4) is 0 Å². The summed E-state index contributed by atoms with van der Waals surface area (Å²) >= 11 is 6.93. The molecular formula is C15H12Br2N2O. The largest absolute Gasteiger partial charge is 0.495 e. The minimum Gasteiger partial charge on any atom is -0.495 e. The van der Waals surface area contributed by atoms with Crippen molar-refractivity contribution >= 4 is 43.2 Å². The van der Waals surface area contributed by atoms with Crippen molar-refractivity contribution in [3.05, 3.63) is 50.4 Å². The van der Waals surface area contributed by atoms with Crippen LogP contribution < -0.4 is 10.1 Å². The van der Waals surface area contributed by atoms with Gasteiger partial charge in [0.25, 0.3) is 0 Å². The van der Waals surface area contributed by atoms with Gasteiger partial charge in [-0.1, -0.05) is 6.07 Å². The smallest absolute Gasteiger partial charge is 0.135 e. The molecule has 2 aromatic rings. The van der Waals surface area contributed by atoms with Crippen molar-refractivity contribution in [1.82, 2.24) is 0 Å². The van der Waals surface area contributed by atoms with Crippen LogP contribution in [0.2, 0.25) is 0 Å². The van der Waals surface area contributed by atoms with Gasteiger partial charge in [-0.2, -0.15) is 5.26 Å². The van der Waals surface area contributed by atoms with Gasteiger partial charge in [-0.25, -0.2) is 0 Å². The zero-order valence-electron chi connectivity index (χ0n) is 11.0. The van der Waals surface area contributed by atoms with Crippen LogP contribution in [0.25, 0.3) is 0 Å². The van der Waals surface area contributed by atoms with Crippen molar-refractivity contribution in [3.8, 4) is 11.8 Å². The molecule has 0 saturated heterocycles. The number of benzene rings is 2. The molecule has 0 aromatic heterocycles. The average Bonchev–Trinajstić information content (AvgIpc) is 2.43. The van der Waals surface area contributed by atoms with Crippen LogP contribution in [0, 0.1) is 18.3 Å². The second-order valence-corrected chi connectivity index (χ2v) is 5.96. The van der Waals surface area contributed by atoms with Gasteiger partial charge in [0, 0.05) is 10.5 Å². The first-order chi connectivity index (χ1) is 9.55. The van der Waals surface area contributed by atoms with Crippen molar-refractivity contribution in [2.75, 3.05) is 12.4 Å². The molecular weight excluding hydrogens is 384 g/mol. The van der Waals surface area contributed by atoms with Crippen LogP contribution in [0.15, 0.2) is 39.3 Å². The van der Waals surface area contributed by atoms with Crippen molar-refractivity contribution in [2.45, 2.75) is 6.92 Å². The number of aryl methyl sites for hydroxylation is 1. The van der Waals surface area contributed by atoms with Gasteiger partial charge in [-0.15, -0.1) is 0 Å². The fourth-order valence-corrected chi connectivity index (χ4v) is 3.04. The number of nitrogens with one attached hydrogen (secondary N) is 1. The molecule has 0 radical (unpaired) electrons. The second-order valence-electron chi connectivity index (χ2n) is 4.25. The van der Waals surface area contributed by atoms with Gasteiger partial charge in [0.1, 0.15) is 11.8 Å². The number of nitriles is 1. The standard InChI is InChI=1S/C15H12Br2N2O/c1-9-3-4-13(10(5-9)8-18)19-14-7-15(20-2)12(17)6-11(14)16/h3-7,19H,1-2H3. The number of halogens is 2. The Labute approximate surface area is 134 Å². The maximum Gasteiger partial charge on any atom is 0.135 e. The number of ether oxygens (including phenoxy) is 1. The van der Waals surface area contributed by atoms with Gasteiger partial charge < -0.3 is 10.1 Å². The first-order valence-corrected chi connectivity index (χ1v) is 7.44. The number of nitrogens with zero attached hydrogens (tertiary/aromatic N) is 1. The first-order valence-electron chi connectivity index (χ1n) is 5.86. The maximum atomic E-state index is 9.20. The molecule has 0 unspecified atom stereocenters. The van der Waals surface area contributed by atoms with E-state index in [0.717, 1.165) is 31.6 Å². The molecule has 0 heterocycles. The summed E-state index contributed by atoms with van der Waals surface area (Å²) in [5.41, 5.74) is 3.27. The van der Waals surface area contributed by atoms with E-state index in [0.29, 0.717) is 5.56 Å². The molecule has 2 rings (SSSR count). The molecule has 0 aliphatic heterocycles. The number of hydrogen-bond acceptors (Lipinski definition) is 3. The Hall–Kier alpha value is -1.51. The summed E-state index contributed by atoms with van der Waals surface area (Å²) in [5.74, 6) is 0.723. The van der Waals surface area contributed by atoms with Gasteiger partial charge >= 0.3 is 0 Å². The van der Waals surface area contributed by atoms with Crippen LogP contribution in [-0.4, -0.2) is 7.11 Å². The number of methoxy groups -OCH3 is 1. The second kappa shape index (κ2) is 6.29. The highest BCUT2D eigenvalue weighted by Gasteiger charge is 2.09. The van der Waals surface area contributed by atoms with E-state index in [4.69, 9.17) is 4.74 Å². The van der Waals surface area contributed by atoms with Crippen LogP contribution in [0.1, 0.15) is 11.1 Å². The van der Waals surface area contributed by atoms with E-state index in [-0.39, 0.29) is 0 Å². The highest BCUT2D eigenvalue weighted by Crippen LogP contribution is 2.36. The van der Waals surface area contributed by atoms with Crippen molar-refractivity contribution in [2.24, 2.45) is 0 Å². The fraction of sp³-hybridized carbons (Fsp3) is 0.133. The van der Waals surface area contributed by atoms with Crippen molar-refractivity contribution in [3.63, 3.8) is 0 Å². The Morgan fingerprint density at radius 1 is 1.10 bits per heavy atom. The van der Waals surface area contributed by atoms with E-state index in [1.54, 1.807) is 7.11 Å². The highest BCUT2D eigenvalue weighted by atomic mass is 79.9. The molecule has 3 nitrogen and oxygen atoms in total. The minimum atomic E-state index is 0.610. The number of rotatable bonds is 3. The van der Waals surface area contributed by atoms with Gasteiger partial charge in [0.05, 0.1) is 28.5 Å². The maximum absolute atomic E-state index is 9.20. The summed E-state index contributed by atoms with van der Waals surface area (Å²) in [4.78, 5) is 0. The SMILES string of the molecule is COc1cc(Nc2ccc(C)cc2C#N)c(Br)cc1Br. The normalized spacial score (nSPS) is 9.95. The first kappa shape index (κ1) is 14.9. The fourth-order valence-electron chi connectivity index (χ4n) is 1.79. The van der Waals surface area contributed by atoms with Gasteiger partial charge in [-0.3, -0.25) is 0 Å². The summed E-state index contributed by atoms with van der Waals surface area (Å²) in [7, 11) is 1.62. The quantitative estimate of drug-likeness (QED) is 0.781. The van der Waals surface area contributed by atoms with Crippen molar-refractivity contribution in [1.29, 1.82) is 5.26 Å². The number of anilines is 2. The molecule has 102 valence electrons. The highest BCUT2D eigenvalue weighted by molar-refractivity contribution is 9.11. The lowest BCUT2D eigenvalue weighted by Crippen LogP contribution is -1.96. The van der Waals surface area contributed by atoms with Gasteiger partial charge in [0.2, 0.25) is 0 Å². The molecule has 0 saturated carbocycles. The number of hydrogen-bond donors (Lipinski definition) is 1. The lowest BCUT2D eigenvalue weighted by Gasteiger charge is -2.13. The molecule has 1 N–H and O–H groups in total. The molecule has 0 amide bonds. The average molecular weight is 396 g/mol. The van der Waals surface area contributed by atoms with E-state index in [1.165, 1.54) is 0 Å². The van der Waals surface area contributed by atoms with Gasteiger partial charge in [-0.05, 0) is 62.5 Å². The third-order valence-electron chi connectivity index (χ3n) is 2.81. The molecule has 0 fully saturated rings. The van der Waals surface area contributed by atoms with Gasteiger partial charge in [0.15, 0.2) is 0 Å². The molecule has 0 aliphatic rings. The summed E-state index contributed by atoms with van der Waals surface area (Å²) in [6.07, 6.45) is 0. The molecule has 20 heavy (non-hydrogen) atoms. The van der Waals surface area contributed by atoms with E-state index in [2.05, 4.69) is 43.2 Å². The zero-order chi connectivity index (χ0) is 14.7. The van der Waals surface area contributed by atoms with Crippen molar-refractivity contribution < 1.29 is 4.74 Å². The Balaban J connectivity index is 2.43. The van der Waals surface area contributed by atoms with Crippen LogP contribution in [-0.2, 0) is 0 Å². The van der Waals surface area contributed by atoms with Crippen LogP contribution in [0.4, 0.5) is 11.4 Å². The molecule has 5 heteroatoms.